The summed E-state index contributed by atoms with van der Waals surface area (Å²) in [4.78, 5) is 20.7. The first-order valence-electron chi connectivity index (χ1n) is 7.48. The molecule has 7 heteroatoms. The number of hydrogen-bond donors (Lipinski definition) is 0. The van der Waals surface area contributed by atoms with E-state index in [9.17, 15) is 4.79 Å². The second-order valence-corrected chi connectivity index (χ2v) is 5.92. The van der Waals surface area contributed by atoms with Gasteiger partial charge in [-0.2, -0.15) is 4.98 Å². The molecule has 1 atom stereocenters. The van der Waals surface area contributed by atoms with Crippen molar-refractivity contribution in [2.45, 2.75) is 18.8 Å². The number of likely N-dealkylation sites (tertiary alicyclic amines) is 1. The number of carbonyl (C=O) groups is 1. The van der Waals surface area contributed by atoms with Crippen LogP contribution in [0.5, 0.6) is 0 Å². The van der Waals surface area contributed by atoms with Gasteiger partial charge in [0, 0.05) is 40.4 Å². The molecule has 3 rings (SSSR count). The Labute approximate surface area is 129 Å². The Morgan fingerprint density at radius 1 is 1.45 bits per heavy atom. The molecule has 0 spiro atoms. The highest BCUT2D eigenvalue weighted by Gasteiger charge is 2.29. The number of rotatable bonds is 3. The third kappa shape index (κ3) is 2.70. The van der Waals surface area contributed by atoms with Crippen molar-refractivity contribution in [1.82, 2.24) is 19.6 Å². The fourth-order valence-corrected chi connectivity index (χ4v) is 2.78. The summed E-state index contributed by atoms with van der Waals surface area (Å²) in [5.41, 5.74) is 0.708. The van der Waals surface area contributed by atoms with Crippen LogP contribution >= 0.6 is 0 Å². The van der Waals surface area contributed by atoms with E-state index in [0.29, 0.717) is 24.1 Å². The maximum Gasteiger partial charge on any atom is 0.270 e. The smallest absolute Gasteiger partial charge is 0.270 e. The number of amides is 1. The number of carbonyl (C=O) groups excluding carboxylic acids is 1. The second-order valence-electron chi connectivity index (χ2n) is 5.92. The zero-order valence-corrected chi connectivity index (χ0v) is 13.2. The quantitative estimate of drug-likeness (QED) is 0.859. The predicted molar refractivity (Wildman–Crippen MR) is 81.9 cm³/mol. The summed E-state index contributed by atoms with van der Waals surface area (Å²) in [6.07, 6.45) is 3.79. The summed E-state index contributed by atoms with van der Waals surface area (Å²) in [7, 11) is 5.64. The molecule has 3 heterocycles. The molecule has 0 aromatic carbocycles. The van der Waals surface area contributed by atoms with Crippen LogP contribution in [0.3, 0.4) is 0 Å². The van der Waals surface area contributed by atoms with Gasteiger partial charge in [-0.1, -0.05) is 0 Å². The van der Waals surface area contributed by atoms with E-state index in [1.165, 1.54) is 0 Å². The first-order chi connectivity index (χ1) is 10.6. The van der Waals surface area contributed by atoms with Gasteiger partial charge in [0.15, 0.2) is 0 Å². The molecule has 1 amide bonds. The Morgan fingerprint density at radius 2 is 2.27 bits per heavy atom. The summed E-state index contributed by atoms with van der Waals surface area (Å²) in [6.45, 7) is 1.40. The molecule has 118 valence electrons. The molecule has 0 radical (unpaired) electrons. The molecule has 2 aromatic rings. The summed E-state index contributed by atoms with van der Waals surface area (Å²) in [6, 6.07) is 3.73. The van der Waals surface area contributed by atoms with Gasteiger partial charge < -0.3 is 18.9 Å². The standard InChI is InChI=1S/C15H21N5O2/c1-18(2)15-16-13(22-17-15)11-6-4-9-20(10-11)14(21)12-7-5-8-19(12)3/h5,7-8,11H,4,6,9-10H2,1-3H3/t11-/m0/s1. The van der Waals surface area contributed by atoms with E-state index in [2.05, 4.69) is 10.1 Å². The van der Waals surface area contributed by atoms with Crippen molar-refractivity contribution in [3.8, 4) is 0 Å². The summed E-state index contributed by atoms with van der Waals surface area (Å²) in [5.74, 6) is 1.36. The number of piperidine rings is 1. The maximum atomic E-state index is 12.6. The van der Waals surface area contributed by atoms with E-state index in [4.69, 9.17) is 4.52 Å². The second kappa shape index (κ2) is 5.82. The average Bonchev–Trinajstić information content (AvgIpc) is 3.15. The Bertz CT molecular complexity index is 660. The number of anilines is 1. The topological polar surface area (TPSA) is 67.4 Å². The van der Waals surface area contributed by atoms with E-state index >= 15 is 0 Å². The van der Waals surface area contributed by atoms with Crippen molar-refractivity contribution in [3.63, 3.8) is 0 Å². The Hall–Kier alpha value is -2.31. The van der Waals surface area contributed by atoms with Crippen molar-refractivity contribution < 1.29 is 9.32 Å². The molecule has 1 fully saturated rings. The van der Waals surface area contributed by atoms with Crippen LogP contribution in [-0.2, 0) is 7.05 Å². The molecule has 0 N–H and O–H groups in total. The molecule has 7 nitrogen and oxygen atoms in total. The number of hydrogen-bond acceptors (Lipinski definition) is 5. The lowest BCUT2D eigenvalue weighted by Gasteiger charge is -2.31. The van der Waals surface area contributed by atoms with E-state index in [-0.39, 0.29) is 11.8 Å². The lowest BCUT2D eigenvalue weighted by Crippen LogP contribution is -2.39. The fraction of sp³-hybridized carbons (Fsp3) is 0.533. The van der Waals surface area contributed by atoms with Crippen molar-refractivity contribution in [1.29, 1.82) is 0 Å². The van der Waals surface area contributed by atoms with Crippen LogP contribution in [-0.4, -0.2) is 52.7 Å². The average molecular weight is 303 g/mol. The number of nitrogens with zero attached hydrogens (tertiary/aromatic N) is 5. The van der Waals surface area contributed by atoms with Crippen LogP contribution in [0.25, 0.3) is 0 Å². The van der Waals surface area contributed by atoms with Crippen LogP contribution in [0.4, 0.5) is 5.95 Å². The van der Waals surface area contributed by atoms with Crippen molar-refractivity contribution in [2.75, 3.05) is 32.1 Å². The predicted octanol–water partition coefficient (Wildman–Crippen LogP) is 1.49. The van der Waals surface area contributed by atoms with Crippen LogP contribution in [0.2, 0.25) is 0 Å². The number of aromatic nitrogens is 3. The highest BCUT2D eigenvalue weighted by atomic mass is 16.5. The van der Waals surface area contributed by atoms with E-state index in [0.717, 1.165) is 19.4 Å². The van der Waals surface area contributed by atoms with Gasteiger partial charge in [0.05, 0.1) is 5.92 Å². The van der Waals surface area contributed by atoms with Gasteiger partial charge in [-0.05, 0) is 30.1 Å². The van der Waals surface area contributed by atoms with Gasteiger partial charge >= 0.3 is 0 Å². The SMILES string of the molecule is CN(C)c1noc([C@H]2CCCN(C(=O)c3cccn3C)C2)n1. The molecule has 0 bridgehead atoms. The zero-order chi connectivity index (χ0) is 15.7. The van der Waals surface area contributed by atoms with Crippen molar-refractivity contribution in [3.05, 3.63) is 29.9 Å². The largest absolute Gasteiger partial charge is 0.347 e. The van der Waals surface area contributed by atoms with Crippen LogP contribution in [0.1, 0.15) is 35.1 Å². The van der Waals surface area contributed by atoms with Gasteiger partial charge in [0.2, 0.25) is 5.89 Å². The molecule has 22 heavy (non-hydrogen) atoms. The van der Waals surface area contributed by atoms with Gasteiger partial charge in [-0.25, -0.2) is 0 Å². The molecule has 0 unspecified atom stereocenters. The van der Waals surface area contributed by atoms with Crippen LogP contribution < -0.4 is 4.90 Å². The lowest BCUT2D eigenvalue weighted by atomic mass is 9.97. The Balaban J connectivity index is 1.73. The molecular formula is C15H21N5O2. The van der Waals surface area contributed by atoms with Gasteiger partial charge in [0.1, 0.15) is 5.69 Å². The Kier molecular flexibility index (Phi) is 3.87. The molecular weight excluding hydrogens is 282 g/mol. The van der Waals surface area contributed by atoms with Gasteiger partial charge in [-0.15, -0.1) is 0 Å². The number of aryl methyl sites for hydroxylation is 1. The molecule has 1 aliphatic heterocycles. The minimum Gasteiger partial charge on any atom is -0.347 e. The minimum absolute atomic E-state index is 0.0598. The maximum absolute atomic E-state index is 12.6. The van der Waals surface area contributed by atoms with E-state index in [1.807, 2.05) is 53.8 Å². The highest BCUT2D eigenvalue weighted by Crippen LogP contribution is 2.27. The zero-order valence-electron chi connectivity index (χ0n) is 13.2. The summed E-state index contributed by atoms with van der Waals surface area (Å²) >= 11 is 0. The first-order valence-corrected chi connectivity index (χ1v) is 7.48. The van der Waals surface area contributed by atoms with Gasteiger partial charge in [0.25, 0.3) is 11.9 Å². The Morgan fingerprint density at radius 3 is 2.91 bits per heavy atom. The normalized spacial score (nSPS) is 18.5. The van der Waals surface area contributed by atoms with Crippen LogP contribution in [0, 0.1) is 0 Å². The molecule has 1 aliphatic rings. The molecule has 2 aromatic heterocycles. The summed E-state index contributed by atoms with van der Waals surface area (Å²) in [5, 5.41) is 3.96. The van der Waals surface area contributed by atoms with Gasteiger partial charge in [-0.3, -0.25) is 4.79 Å². The van der Waals surface area contributed by atoms with Crippen molar-refractivity contribution >= 4 is 11.9 Å². The fourth-order valence-electron chi connectivity index (χ4n) is 2.78. The molecule has 0 aliphatic carbocycles. The molecule has 1 saturated heterocycles. The first kappa shape index (κ1) is 14.6. The van der Waals surface area contributed by atoms with E-state index in [1.54, 1.807) is 0 Å². The van der Waals surface area contributed by atoms with E-state index < -0.39 is 0 Å². The van der Waals surface area contributed by atoms with Crippen LogP contribution in [0.15, 0.2) is 22.9 Å². The monoisotopic (exact) mass is 303 g/mol. The summed E-state index contributed by atoms with van der Waals surface area (Å²) < 4.78 is 7.21. The molecule has 0 saturated carbocycles. The third-order valence-corrected chi connectivity index (χ3v) is 4.05. The minimum atomic E-state index is 0.0598. The highest BCUT2D eigenvalue weighted by molar-refractivity contribution is 5.92. The third-order valence-electron chi connectivity index (χ3n) is 4.05. The van der Waals surface area contributed by atoms with Crippen molar-refractivity contribution in [2.24, 2.45) is 7.05 Å². The lowest BCUT2D eigenvalue weighted by molar-refractivity contribution is 0.0686.